The second-order valence-electron chi connectivity index (χ2n) is 5.08. The lowest BCUT2D eigenvalue weighted by molar-refractivity contribution is 0.103. The molecule has 0 unspecified atom stereocenters. The van der Waals surface area contributed by atoms with E-state index in [-0.39, 0.29) is 5.91 Å². The summed E-state index contributed by atoms with van der Waals surface area (Å²) in [6, 6.07) is 3.68. The maximum atomic E-state index is 12.3. The van der Waals surface area contributed by atoms with Crippen molar-refractivity contribution in [1.82, 2.24) is 19.5 Å². The molecule has 0 aliphatic heterocycles. The number of nitrogens with one attached hydrogen (secondary N) is 1. The summed E-state index contributed by atoms with van der Waals surface area (Å²) in [4.78, 5) is 25.9. The minimum atomic E-state index is -0.145. The van der Waals surface area contributed by atoms with Crippen molar-refractivity contribution in [2.24, 2.45) is 0 Å². The number of carbonyl (C=O) groups excluding carboxylic acids is 1. The number of hydrogen-bond donors (Lipinski definition) is 1. The van der Waals surface area contributed by atoms with Crippen molar-refractivity contribution in [2.45, 2.75) is 27.2 Å². The molecule has 1 amide bonds. The Kier molecular flexibility index (Phi) is 4.20. The molecule has 3 aromatic heterocycles. The largest absolute Gasteiger partial charge is 0.320 e. The molecule has 118 valence electrons. The highest BCUT2D eigenvalue weighted by Crippen LogP contribution is 2.20. The smallest absolute Gasteiger partial charge is 0.267 e. The van der Waals surface area contributed by atoms with Crippen LogP contribution in [0.5, 0.6) is 0 Å². The average Bonchev–Trinajstić information content (AvgIpc) is 3.14. The van der Waals surface area contributed by atoms with Gasteiger partial charge in [-0.15, -0.1) is 11.3 Å². The van der Waals surface area contributed by atoms with Crippen molar-refractivity contribution >= 4 is 22.9 Å². The van der Waals surface area contributed by atoms with Crippen LogP contribution in [0.3, 0.4) is 0 Å². The molecule has 0 aromatic carbocycles. The summed E-state index contributed by atoms with van der Waals surface area (Å²) in [7, 11) is 0. The number of amides is 1. The van der Waals surface area contributed by atoms with Crippen LogP contribution in [0.1, 0.15) is 33.1 Å². The Bertz CT molecular complexity index is 835. The van der Waals surface area contributed by atoms with Crippen LogP contribution in [0.15, 0.2) is 30.7 Å². The van der Waals surface area contributed by atoms with E-state index in [9.17, 15) is 4.79 Å². The van der Waals surface area contributed by atoms with E-state index in [4.69, 9.17) is 0 Å². The Balaban J connectivity index is 1.76. The van der Waals surface area contributed by atoms with Crippen molar-refractivity contribution in [3.8, 4) is 5.82 Å². The second kappa shape index (κ2) is 6.29. The molecule has 3 rings (SSSR count). The SMILES string of the molecule is CCc1nc(C)c(C(=O)Nc2ccc(-n3ccnc3C)nc2)s1. The van der Waals surface area contributed by atoms with Crippen LogP contribution in [-0.4, -0.2) is 25.4 Å². The summed E-state index contributed by atoms with van der Waals surface area (Å²) in [5, 5.41) is 3.84. The number of aromatic nitrogens is 4. The van der Waals surface area contributed by atoms with Gasteiger partial charge in [0.05, 0.1) is 22.6 Å². The molecule has 1 N–H and O–H groups in total. The molecule has 3 aromatic rings. The summed E-state index contributed by atoms with van der Waals surface area (Å²) in [5.74, 6) is 1.48. The minimum Gasteiger partial charge on any atom is -0.320 e. The third-order valence-corrected chi connectivity index (χ3v) is 4.73. The second-order valence-corrected chi connectivity index (χ2v) is 6.16. The number of hydrogen-bond acceptors (Lipinski definition) is 5. The fourth-order valence-electron chi connectivity index (χ4n) is 2.22. The normalized spacial score (nSPS) is 10.7. The zero-order valence-electron chi connectivity index (χ0n) is 13.2. The van der Waals surface area contributed by atoms with Crippen LogP contribution in [0.2, 0.25) is 0 Å². The average molecular weight is 327 g/mol. The van der Waals surface area contributed by atoms with E-state index in [1.807, 2.05) is 43.7 Å². The standard InChI is InChI=1S/C16H17N5OS/c1-4-14-19-10(2)15(23-14)16(22)20-12-5-6-13(18-9-12)21-8-7-17-11(21)3/h5-9H,4H2,1-3H3,(H,20,22). The molecule has 0 atom stereocenters. The first kappa shape index (κ1) is 15.4. The molecule has 0 radical (unpaired) electrons. The van der Waals surface area contributed by atoms with E-state index in [0.29, 0.717) is 10.6 Å². The van der Waals surface area contributed by atoms with E-state index in [0.717, 1.165) is 28.8 Å². The predicted molar refractivity (Wildman–Crippen MR) is 90.3 cm³/mol. The van der Waals surface area contributed by atoms with E-state index >= 15 is 0 Å². The van der Waals surface area contributed by atoms with Gasteiger partial charge in [0.1, 0.15) is 16.5 Å². The molecule has 0 fully saturated rings. The molecule has 0 saturated carbocycles. The number of aryl methyl sites for hydroxylation is 3. The van der Waals surface area contributed by atoms with Gasteiger partial charge in [-0.25, -0.2) is 15.0 Å². The highest BCUT2D eigenvalue weighted by Gasteiger charge is 2.15. The Hall–Kier alpha value is -2.54. The number of anilines is 1. The molecule has 23 heavy (non-hydrogen) atoms. The molecular weight excluding hydrogens is 310 g/mol. The van der Waals surface area contributed by atoms with Gasteiger partial charge < -0.3 is 5.32 Å². The quantitative estimate of drug-likeness (QED) is 0.799. The van der Waals surface area contributed by atoms with Gasteiger partial charge in [-0.2, -0.15) is 0 Å². The third kappa shape index (κ3) is 3.14. The molecule has 0 bridgehead atoms. The lowest BCUT2D eigenvalue weighted by Crippen LogP contribution is -2.12. The molecule has 0 aliphatic carbocycles. The van der Waals surface area contributed by atoms with E-state index in [1.165, 1.54) is 11.3 Å². The van der Waals surface area contributed by atoms with Gasteiger partial charge in [0.25, 0.3) is 5.91 Å². The maximum absolute atomic E-state index is 12.3. The predicted octanol–water partition coefficient (Wildman–Crippen LogP) is 3.16. The summed E-state index contributed by atoms with van der Waals surface area (Å²) < 4.78 is 1.88. The summed E-state index contributed by atoms with van der Waals surface area (Å²) in [6.07, 6.45) is 6.05. The molecule has 0 spiro atoms. The van der Waals surface area contributed by atoms with Crippen LogP contribution in [0.25, 0.3) is 5.82 Å². The fourth-order valence-corrected chi connectivity index (χ4v) is 3.12. The molecule has 3 heterocycles. The van der Waals surface area contributed by atoms with Crippen LogP contribution in [0, 0.1) is 13.8 Å². The number of pyridine rings is 1. The van der Waals surface area contributed by atoms with Crippen LogP contribution in [-0.2, 0) is 6.42 Å². The molecule has 6 nitrogen and oxygen atoms in total. The Morgan fingerprint density at radius 3 is 2.70 bits per heavy atom. The van der Waals surface area contributed by atoms with Gasteiger partial charge >= 0.3 is 0 Å². The van der Waals surface area contributed by atoms with Crippen molar-refractivity contribution < 1.29 is 4.79 Å². The van der Waals surface area contributed by atoms with Crippen LogP contribution < -0.4 is 5.32 Å². The number of nitrogens with zero attached hydrogens (tertiary/aromatic N) is 4. The number of carbonyl (C=O) groups is 1. The van der Waals surface area contributed by atoms with Crippen molar-refractivity contribution in [3.63, 3.8) is 0 Å². The number of imidazole rings is 1. The van der Waals surface area contributed by atoms with E-state index in [2.05, 4.69) is 20.3 Å². The van der Waals surface area contributed by atoms with Gasteiger partial charge in [0.15, 0.2) is 0 Å². The van der Waals surface area contributed by atoms with Crippen molar-refractivity contribution in [2.75, 3.05) is 5.32 Å². The van der Waals surface area contributed by atoms with Gasteiger partial charge in [-0.05, 0) is 32.4 Å². The summed E-state index contributed by atoms with van der Waals surface area (Å²) in [5.41, 5.74) is 1.42. The van der Waals surface area contributed by atoms with Gasteiger partial charge in [-0.3, -0.25) is 9.36 Å². The number of thiazole rings is 1. The first-order chi connectivity index (χ1) is 11.1. The van der Waals surface area contributed by atoms with Crippen molar-refractivity contribution in [1.29, 1.82) is 0 Å². The number of rotatable bonds is 4. The van der Waals surface area contributed by atoms with Gasteiger partial charge in [0.2, 0.25) is 0 Å². The molecule has 0 saturated heterocycles. The highest BCUT2D eigenvalue weighted by molar-refractivity contribution is 7.13. The highest BCUT2D eigenvalue weighted by atomic mass is 32.1. The summed E-state index contributed by atoms with van der Waals surface area (Å²) >= 11 is 1.43. The van der Waals surface area contributed by atoms with Gasteiger partial charge in [0, 0.05) is 12.4 Å². The van der Waals surface area contributed by atoms with Crippen molar-refractivity contribution in [3.05, 3.63) is 52.1 Å². The molecule has 7 heteroatoms. The Morgan fingerprint density at radius 1 is 1.30 bits per heavy atom. The maximum Gasteiger partial charge on any atom is 0.267 e. The van der Waals surface area contributed by atoms with E-state index in [1.54, 1.807) is 12.4 Å². The zero-order chi connectivity index (χ0) is 16.4. The van der Waals surface area contributed by atoms with Crippen LogP contribution >= 0.6 is 11.3 Å². The van der Waals surface area contributed by atoms with E-state index < -0.39 is 0 Å². The Labute approximate surface area is 138 Å². The van der Waals surface area contributed by atoms with Crippen LogP contribution in [0.4, 0.5) is 5.69 Å². The first-order valence-electron chi connectivity index (χ1n) is 7.32. The first-order valence-corrected chi connectivity index (χ1v) is 8.14. The lowest BCUT2D eigenvalue weighted by atomic mass is 10.3. The zero-order valence-corrected chi connectivity index (χ0v) is 14.0. The Morgan fingerprint density at radius 2 is 2.13 bits per heavy atom. The lowest BCUT2D eigenvalue weighted by Gasteiger charge is -2.07. The van der Waals surface area contributed by atoms with Gasteiger partial charge in [-0.1, -0.05) is 6.92 Å². The summed E-state index contributed by atoms with van der Waals surface area (Å²) in [6.45, 7) is 5.80. The monoisotopic (exact) mass is 327 g/mol. The minimum absolute atomic E-state index is 0.145. The third-order valence-electron chi connectivity index (χ3n) is 3.43. The topological polar surface area (TPSA) is 72.7 Å². The molecular formula is C16H17N5OS. The molecule has 0 aliphatic rings. The fraction of sp³-hybridized carbons (Fsp3) is 0.250.